The number of nitrogens with two attached hydrogens (primary N) is 1. The molecule has 15 heavy (non-hydrogen) atoms. The lowest BCUT2D eigenvalue weighted by Crippen LogP contribution is -2.19. The normalized spacial score (nSPS) is 14.7. The van der Waals surface area contributed by atoms with Gasteiger partial charge in [0.25, 0.3) is 0 Å². The molecule has 1 aromatic rings. The molecule has 0 bridgehead atoms. The third-order valence-electron chi connectivity index (χ3n) is 2.28. The number of aromatic nitrogens is 1. The Labute approximate surface area is 93.9 Å². The third-order valence-corrected chi connectivity index (χ3v) is 3.05. The van der Waals surface area contributed by atoms with E-state index in [1.165, 1.54) is 11.3 Å². The highest BCUT2D eigenvalue weighted by atomic mass is 32.1. The van der Waals surface area contributed by atoms with Gasteiger partial charge in [0.2, 0.25) is 5.91 Å². The Kier molecular flexibility index (Phi) is 4.23. The van der Waals surface area contributed by atoms with Crippen LogP contribution in [-0.4, -0.2) is 10.9 Å². The first kappa shape index (κ1) is 12.1. The molecule has 0 fully saturated rings. The third kappa shape index (κ3) is 3.28. The molecule has 0 aromatic carbocycles. The average Bonchev–Trinajstić information content (AvgIpc) is 2.65. The van der Waals surface area contributed by atoms with Gasteiger partial charge in [-0.15, -0.1) is 11.3 Å². The van der Waals surface area contributed by atoms with Crippen LogP contribution in [0.5, 0.6) is 0 Å². The zero-order valence-corrected chi connectivity index (χ0v) is 10.1. The van der Waals surface area contributed by atoms with E-state index in [0.717, 1.165) is 12.1 Å². The van der Waals surface area contributed by atoms with Crippen molar-refractivity contribution in [2.75, 3.05) is 5.32 Å². The van der Waals surface area contributed by atoms with Gasteiger partial charge in [-0.3, -0.25) is 4.79 Å². The monoisotopic (exact) mass is 227 g/mol. The molecule has 2 unspecified atom stereocenters. The van der Waals surface area contributed by atoms with Crippen LogP contribution in [0.25, 0.3) is 0 Å². The Bertz CT molecular complexity index is 335. The highest BCUT2D eigenvalue weighted by molar-refractivity contribution is 7.13. The van der Waals surface area contributed by atoms with Crippen molar-refractivity contribution < 1.29 is 4.79 Å². The Morgan fingerprint density at radius 3 is 2.80 bits per heavy atom. The molecule has 1 amide bonds. The van der Waals surface area contributed by atoms with Crippen LogP contribution in [0.15, 0.2) is 5.38 Å². The van der Waals surface area contributed by atoms with Gasteiger partial charge >= 0.3 is 0 Å². The first-order valence-electron chi connectivity index (χ1n) is 5.06. The van der Waals surface area contributed by atoms with Crippen LogP contribution >= 0.6 is 11.3 Å². The minimum atomic E-state index is -0.0875. The lowest BCUT2D eigenvalue weighted by Gasteiger charge is -2.06. The number of amides is 1. The van der Waals surface area contributed by atoms with Crippen molar-refractivity contribution in [2.45, 2.75) is 33.2 Å². The summed E-state index contributed by atoms with van der Waals surface area (Å²) in [5.74, 6) is 0.0377. The van der Waals surface area contributed by atoms with Gasteiger partial charge in [-0.05, 0) is 13.3 Å². The quantitative estimate of drug-likeness (QED) is 0.828. The van der Waals surface area contributed by atoms with Gasteiger partial charge in [0.05, 0.1) is 5.69 Å². The summed E-state index contributed by atoms with van der Waals surface area (Å²) in [7, 11) is 0. The van der Waals surface area contributed by atoms with E-state index in [1.54, 1.807) is 0 Å². The first-order chi connectivity index (χ1) is 7.04. The number of carbonyl (C=O) groups excluding carboxylic acids is 1. The fourth-order valence-corrected chi connectivity index (χ4v) is 1.78. The van der Waals surface area contributed by atoms with Crippen LogP contribution in [0, 0.1) is 5.92 Å². The molecule has 1 heterocycles. The molecule has 0 aliphatic carbocycles. The highest BCUT2D eigenvalue weighted by Crippen LogP contribution is 2.19. The molecule has 1 rings (SSSR count). The molecule has 3 N–H and O–H groups in total. The summed E-state index contributed by atoms with van der Waals surface area (Å²) >= 11 is 1.41. The van der Waals surface area contributed by atoms with Crippen LogP contribution in [0.4, 0.5) is 5.13 Å². The highest BCUT2D eigenvalue weighted by Gasteiger charge is 2.13. The van der Waals surface area contributed by atoms with E-state index in [2.05, 4.69) is 10.3 Å². The smallest absolute Gasteiger partial charge is 0.228 e. The zero-order chi connectivity index (χ0) is 11.4. The maximum absolute atomic E-state index is 11.5. The van der Waals surface area contributed by atoms with E-state index < -0.39 is 0 Å². The number of thiazole rings is 1. The summed E-state index contributed by atoms with van der Waals surface area (Å²) in [6.07, 6.45) is 0.831. The van der Waals surface area contributed by atoms with E-state index in [1.807, 2.05) is 26.2 Å². The van der Waals surface area contributed by atoms with E-state index in [-0.39, 0.29) is 17.9 Å². The number of rotatable bonds is 4. The first-order valence-corrected chi connectivity index (χ1v) is 5.94. The SMILES string of the molecule is CCC(C)C(=O)Nc1nc(C(C)N)cs1. The van der Waals surface area contributed by atoms with Gasteiger partial charge in [0.15, 0.2) is 5.13 Å². The Morgan fingerprint density at radius 1 is 1.67 bits per heavy atom. The summed E-state index contributed by atoms with van der Waals surface area (Å²) in [6, 6.07) is -0.0875. The molecule has 0 aliphatic heterocycles. The van der Waals surface area contributed by atoms with E-state index in [0.29, 0.717) is 5.13 Å². The van der Waals surface area contributed by atoms with Crippen molar-refractivity contribution in [3.05, 3.63) is 11.1 Å². The molecular weight excluding hydrogens is 210 g/mol. The topological polar surface area (TPSA) is 68.0 Å². The number of hydrogen-bond donors (Lipinski definition) is 2. The van der Waals surface area contributed by atoms with Crippen LogP contribution < -0.4 is 11.1 Å². The number of nitrogens with one attached hydrogen (secondary N) is 1. The number of nitrogens with zero attached hydrogens (tertiary/aromatic N) is 1. The maximum Gasteiger partial charge on any atom is 0.228 e. The molecule has 84 valence electrons. The second-order valence-corrected chi connectivity index (χ2v) is 4.52. The molecule has 0 saturated heterocycles. The van der Waals surface area contributed by atoms with Gasteiger partial charge in [-0.2, -0.15) is 0 Å². The molecular formula is C10H17N3OS. The van der Waals surface area contributed by atoms with Crippen molar-refractivity contribution in [3.63, 3.8) is 0 Å². The second kappa shape index (κ2) is 5.23. The summed E-state index contributed by atoms with van der Waals surface area (Å²) in [6.45, 7) is 5.75. The standard InChI is InChI=1S/C10H17N3OS/c1-4-6(2)9(14)13-10-12-8(5-15-10)7(3)11/h5-7H,4,11H2,1-3H3,(H,12,13,14). The largest absolute Gasteiger partial charge is 0.323 e. The molecule has 0 radical (unpaired) electrons. The van der Waals surface area contributed by atoms with Gasteiger partial charge in [-0.1, -0.05) is 13.8 Å². The van der Waals surface area contributed by atoms with Crippen LogP contribution in [-0.2, 0) is 4.79 Å². The molecule has 5 heteroatoms. The van der Waals surface area contributed by atoms with E-state index in [4.69, 9.17) is 5.73 Å². The molecule has 1 aromatic heterocycles. The minimum Gasteiger partial charge on any atom is -0.323 e. The van der Waals surface area contributed by atoms with Crippen molar-refractivity contribution >= 4 is 22.4 Å². The lowest BCUT2D eigenvalue weighted by molar-refractivity contribution is -0.119. The van der Waals surface area contributed by atoms with Gasteiger partial charge in [0.1, 0.15) is 0 Å². The van der Waals surface area contributed by atoms with E-state index >= 15 is 0 Å². The summed E-state index contributed by atoms with van der Waals surface area (Å²) in [4.78, 5) is 15.8. The number of hydrogen-bond acceptors (Lipinski definition) is 4. The summed E-state index contributed by atoms with van der Waals surface area (Å²) in [5.41, 5.74) is 6.49. The second-order valence-electron chi connectivity index (χ2n) is 3.66. The van der Waals surface area contributed by atoms with Crippen molar-refractivity contribution in [1.29, 1.82) is 0 Å². The Balaban J connectivity index is 2.61. The summed E-state index contributed by atoms with van der Waals surface area (Å²) < 4.78 is 0. The van der Waals surface area contributed by atoms with Crippen LogP contribution in [0.2, 0.25) is 0 Å². The van der Waals surface area contributed by atoms with E-state index in [9.17, 15) is 4.79 Å². The van der Waals surface area contributed by atoms with Crippen molar-refractivity contribution in [1.82, 2.24) is 4.98 Å². The van der Waals surface area contributed by atoms with Crippen molar-refractivity contribution in [2.24, 2.45) is 11.7 Å². The van der Waals surface area contributed by atoms with Crippen LogP contribution in [0.3, 0.4) is 0 Å². The fraction of sp³-hybridized carbons (Fsp3) is 0.600. The number of anilines is 1. The molecule has 4 nitrogen and oxygen atoms in total. The molecule has 0 saturated carbocycles. The molecule has 0 spiro atoms. The fourth-order valence-electron chi connectivity index (χ4n) is 0.967. The number of carbonyl (C=O) groups is 1. The minimum absolute atomic E-state index is 0.0167. The zero-order valence-electron chi connectivity index (χ0n) is 9.28. The Hall–Kier alpha value is -0.940. The maximum atomic E-state index is 11.5. The Morgan fingerprint density at radius 2 is 2.33 bits per heavy atom. The van der Waals surface area contributed by atoms with Crippen LogP contribution in [0.1, 0.15) is 38.9 Å². The summed E-state index contributed by atoms with van der Waals surface area (Å²) in [5, 5.41) is 5.28. The van der Waals surface area contributed by atoms with Gasteiger partial charge in [-0.25, -0.2) is 4.98 Å². The van der Waals surface area contributed by atoms with Crippen molar-refractivity contribution in [3.8, 4) is 0 Å². The molecule has 0 aliphatic rings. The average molecular weight is 227 g/mol. The predicted octanol–water partition coefficient (Wildman–Crippen LogP) is 2.15. The van der Waals surface area contributed by atoms with Gasteiger partial charge < -0.3 is 11.1 Å². The lowest BCUT2D eigenvalue weighted by atomic mass is 10.1. The van der Waals surface area contributed by atoms with Gasteiger partial charge in [0, 0.05) is 17.3 Å². The molecule has 2 atom stereocenters. The predicted molar refractivity (Wildman–Crippen MR) is 62.8 cm³/mol.